The molecule has 2 aromatic rings. The lowest BCUT2D eigenvalue weighted by Crippen LogP contribution is -2.20. The molecule has 134 valence electrons. The van der Waals surface area contributed by atoms with Crippen molar-refractivity contribution in [3.8, 4) is 0 Å². The standard InChI is InChI=1S/C21H26O4/c1-15(22)17-5-2-4-16(12-17)7-9-20-18(8-10-21(20)23)13-24-14-19-6-3-11-25-19/h2-6,11-12,15,18,20,22H,7-10,13-14H2,1H3/t15?,18-,20-/m1/s1. The molecule has 0 radical (unpaired) electrons. The van der Waals surface area contributed by atoms with Gasteiger partial charge in [0.05, 0.1) is 19.0 Å². The van der Waals surface area contributed by atoms with E-state index in [1.807, 2.05) is 30.3 Å². The zero-order chi connectivity index (χ0) is 17.6. The van der Waals surface area contributed by atoms with Crippen LogP contribution in [0.15, 0.2) is 47.1 Å². The highest BCUT2D eigenvalue weighted by Crippen LogP contribution is 2.33. The van der Waals surface area contributed by atoms with E-state index in [1.54, 1.807) is 13.2 Å². The Balaban J connectivity index is 1.52. The summed E-state index contributed by atoms with van der Waals surface area (Å²) in [6.07, 6.45) is 4.45. The van der Waals surface area contributed by atoms with Gasteiger partial charge in [0, 0.05) is 12.3 Å². The number of rotatable bonds is 8. The first-order valence-electron chi connectivity index (χ1n) is 9.03. The van der Waals surface area contributed by atoms with Crippen LogP contribution in [0.2, 0.25) is 0 Å². The van der Waals surface area contributed by atoms with E-state index in [9.17, 15) is 9.90 Å². The minimum absolute atomic E-state index is 0.0757. The first-order chi connectivity index (χ1) is 12.1. The summed E-state index contributed by atoms with van der Waals surface area (Å²) in [7, 11) is 0. The van der Waals surface area contributed by atoms with Crippen molar-refractivity contribution >= 4 is 5.78 Å². The van der Waals surface area contributed by atoms with Crippen LogP contribution in [0.4, 0.5) is 0 Å². The predicted molar refractivity (Wildman–Crippen MR) is 95.0 cm³/mol. The molecule has 0 amide bonds. The molecule has 1 fully saturated rings. The highest BCUT2D eigenvalue weighted by atomic mass is 16.5. The number of aliphatic hydroxyl groups is 1. The molecule has 0 spiro atoms. The van der Waals surface area contributed by atoms with Gasteiger partial charge in [-0.2, -0.15) is 0 Å². The Morgan fingerprint density at radius 2 is 2.20 bits per heavy atom. The first kappa shape index (κ1) is 17.9. The maximum atomic E-state index is 12.3. The normalized spacial score (nSPS) is 21.6. The van der Waals surface area contributed by atoms with Crippen LogP contribution < -0.4 is 0 Å². The molecule has 3 rings (SSSR count). The van der Waals surface area contributed by atoms with E-state index < -0.39 is 6.10 Å². The zero-order valence-electron chi connectivity index (χ0n) is 14.7. The van der Waals surface area contributed by atoms with E-state index in [4.69, 9.17) is 9.15 Å². The van der Waals surface area contributed by atoms with Crippen LogP contribution >= 0.6 is 0 Å². The van der Waals surface area contributed by atoms with E-state index in [2.05, 4.69) is 6.07 Å². The number of aliphatic hydroxyl groups excluding tert-OH is 1. The molecule has 1 N–H and O–H groups in total. The summed E-state index contributed by atoms with van der Waals surface area (Å²) in [5, 5.41) is 9.71. The number of carbonyl (C=O) groups excluding carboxylic acids is 1. The summed E-state index contributed by atoms with van der Waals surface area (Å²) in [6, 6.07) is 11.7. The molecule has 1 heterocycles. The Hall–Kier alpha value is -1.91. The molecule has 1 aliphatic rings. The van der Waals surface area contributed by atoms with E-state index in [-0.39, 0.29) is 5.92 Å². The molecule has 3 atom stereocenters. The molecule has 0 saturated heterocycles. The van der Waals surface area contributed by atoms with Gasteiger partial charge in [0.1, 0.15) is 18.2 Å². The van der Waals surface area contributed by atoms with Crippen LogP contribution in [0.5, 0.6) is 0 Å². The lowest BCUT2D eigenvalue weighted by molar-refractivity contribution is -0.121. The van der Waals surface area contributed by atoms with Crippen molar-refractivity contribution in [1.29, 1.82) is 0 Å². The van der Waals surface area contributed by atoms with Crippen molar-refractivity contribution in [2.24, 2.45) is 11.8 Å². The van der Waals surface area contributed by atoms with Gasteiger partial charge < -0.3 is 14.3 Å². The number of hydrogen-bond donors (Lipinski definition) is 1. The van der Waals surface area contributed by atoms with Crippen molar-refractivity contribution in [3.05, 3.63) is 59.5 Å². The average Bonchev–Trinajstić information content (AvgIpc) is 3.24. The molecule has 25 heavy (non-hydrogen) atoms. The molecule has 1 unspecified atom stereocenters. The largest absolute Gasteiger partial charge is 0.467 e. The highest BCUT2D eigenvalue weighted by molar-refractivity contribution is 5.83. The van der Waals surface area contributed by atoms with Gasteiger partial charge in [0.2, 0.25) is 0 Å². The van der Waals surface area contributed by atoms with Crippen LogP contribution in [-0.4, -0.2) is 17.5 Å². The third kappa shape index (κ3) is 4.80. The van der Waals surface area contributed by atoms with Gasteiger partial charge in [0.25, 0.3) is 0 Å². The van der Waals surface area contributed by atoms with E-state index in [0.717, 1.165) is 30.6 Å². The molecule has 1 saturated carbocycles. The van der Waals surface area contributed by atoms with E-state index in [1.165, 1.54) is 5.56 Å². The molecule has 1 aliphatic carbocycles. The van der Waals surface area contributed by atoms with Crippen molar-refractivity contribution in [2.75, 3.05) is 6.61 Å². The van der Waals surface area contributed by atoms with Gasteiger partial charge in [-0.05, 0) is 55.4 Å². The van der Waals surface area contributed by atoms with Crippen LogP contribution in [0.1, 0.15) is 49.2 Å². The van der Waals surface area contributed by atoms with Crippen molar-refractivity contribution in [1.82, 2.24) is 0 Å². The van der Waals surface area contributed by atoms with Crippen molar-refractivity contribution in [3.63, 3.8) is 0 Å². The number of ketones is 1. The molecular weight excluding hydrogens is 316 g/mol. The Morgan fingerprint density at radius 1 is 1.32 bits per heavy atom. The van der Waals surface area contributed by atoms with Gasteiger partial charge >= 0.3 is 0 Å². The number of hydrogen-bond acceptors (Lipinski definition) is 4. The van der Waals surface area contributed by atoms with Gasteiger partial charge in [-0.1, -0.05) is 24.3 Å². The second kappa shape index (κ2) is 8.45. The quantitative estimate of drug-likeness (QED) is 0.785. The number of ether oxygens (including phenoxy) is 1. The summed E-state index contributed by atoms with van der Waals surface area (Å²) < 4.78 is 11.0. The molecule has 4 nitrogen and oxygen atoms in total. The summed E-state index contributed by atoms with van der Waals surface area (Å²) >= 11 is 0. The minimum atomic E-state index is -0.462. The fraction of sp³-hybridized carbons (Fsp3) is 0.476. The fourth-order valence-electron chi connectivity index (χ4n) is 3.61. The molecule has 0 aliphatic heterocycles. The smallest absolute Gasteiger partial charge is 0.136 e. The van der Waals surface area contributed by atoms with Crippen molar-refractivity contribution < 1.29 is 19.1 Å². The first-order valence-corrected chi connectivity index (χ1v) is 9.03. The van der Waals surface area contributed by atoms with Crippen LogP contribution in [0, 0.1) is 11.8 Å². The number of benzene rings is 1. The monoisotopic (exact) mass is 342 g/mol. The van der Waals surface area contributed by atoms with Crippen LogP contribution in [0.3, 0.4) is 0 Å². The Bertz CT molecular complexity index is 675. The van der Waals surface area contributed by atoms with Gasteiger partial charge in [-0.15, -0.1) is 0 Å². The number of furan rings is 1. The number of Topliss-reactive ketones (excluding diaryl/α,β-unsaturated/α-hetero) is 1. The highest BCUT2D eigenvalue weighted by Gasteiger charge is 2.34. The maximum Gasteiger partial charge on any atom is 0.136 e. The second-order valence-corrected chi connectivity index (χ2v) is 6.93. The summed E-state index contributed by atoms with van der Waals surface area (Å²) in [6.45, 7) is 2.83. The van der Waals surface area contributed by atoms with Gasteiger partial charge in [-0.3, -0.25) is 4.79 Å². The SMILES string of the molecule is CC(O)c1cccc(CC[C@H]2C(=O)CC[C@@H]2COCc2ccco2)c1. The summed E-state index contributed by atoms with van der Waals surface area (Å²) in [5.74, 6) is 1.54. The fourth-order valence-corrected chi connectivity index (χ4v) is 3.61. The predicted octanol–water partition coefficient (Wildman–Crippen LogP) is 4.08. The lowest BCUT2D eigenvalue weighted by atomic mass is 9.89. The Kier molecular flexibility index (Phi) is 6.05. The Labute approximate surface area is 148 Å². The van der Waals surface area contributed by atoms with Crippen LogP contribution in [0.25, 0.3) is 0 Å². The topological polar surface area (TPSA) is 59.7 Å². The van der Waals surface area contributed by atoms with Gasteiger partial charge in [-0.25, -0.2) is 0 Å². The lowest BCUT2D eigenvalue weighted by Gasteiger charge is -2.18. The van der Waals surface area contributed by atoms with Crippen molar-refractivity contribution in [2.45, 2.75) is 45.3 Å². The zero-order valence-corrected chi connectivity index (χ0v) is 14.7. The molecular formula is C21H26O4. The summed E-state index contributed by atoms with van der Waals surface area (Å²) in [4.78, 5) is 12.3. The second-order valence-electron chi connectivity index (χ2n) is 6.93. The van der Waals surface area contributed by atoms with E-state index >= 15 is 0 Å². The average molecular weight is 342 g/mol. The van der Waals surface area contributed by atoms with Gasteiger partial charge in [0.15, 0.2) is 0 Å². The number of aryl methyl sites for hydroxylation is 1. The molecule has 1 aromatic carbocycles. The third-order valence-electron chi connectivity index (χ3n) is 5.08. The maximum absolute atomic E-state index is 12.3. The molecule has 0 bridgehead atoms. The molecule has 4 heteroatoms. The Morgan fingerprint density at radius 3 is 2.96 bits per heavy atom. The molecule has 1 aromatic heterocycles. The minimum Gasteiger partial charge on any atom is -0.467 e. The van der Waals surface area contributed by atoms with Crippen LogP contribution in [-0.2, 0) is 22.6 Å². The number of carbonyl (C=O) groups is 1. The third-order valence-corrected chi connectivity index (χ3v) is 5.08. The summed E-state index contributed by atoms with van der Waals surface area (Å²) in [5.41, 5.74) is 2.10. The van der Waals surface area contributed by atoms with E-state index in [0.29, 0.717) is 31.3 Å².